The topological polar surface area (TPSA) is 63.1 Å². The molecule has 1 aromatic carbocycles. The van der Waals surface area contributed by atoms with Crippen LogP contribution < -0.4 is 5.32 Å². The van der Waals surface area contributed by atoms with Crippen LogP contribution in [0.25, 0.3) is 10.1 Å². The van der Waals surface area contributed by atoms with Crippen LogP contribution in [0.5, 0.6) is 0 Å². The van der Waals surface area contributed by atoms with E-state index in [0.717, 1.165) is 32.5 Å². The summed E-state index contributed by atoms with van der Waals surface area (Å²) in [5.41, 5.74) is 0.394. The van der Waals surface area contributed by atoms with Crippen LogP contribution in [0.4, 0.5) is 0 Å². The van der Waals surface area contributed by atoms with Crippen molar-refractivity contribution in [2.75, 3.05) is 13.1 Å². The highest BCUT2D eigenvalue weighted by atomic mass is 32.1. The molecule has 142 valence electrons. The highest BCUT2D eigenvalue weighted by Gasteiger charge is 2.24. The van der Waals surface area contributed by atoms with Crippen molar-refractivity contribution in [1.82, 2.24) is 25.2 Å². The predicted octanol–water partition coefficient (Wildman–Crippen LogP) is 3.47. The molecular weight excluding hydrogens is 358 g/mol. The number of fused-ring (bicyclic) bond motifs is 1. The average molecular weight is 384 g/mol. The zero-order valence-electron chi connectivity index (χ0n) is 15.8. The third kappa shape index (κ3) is 4.20. The SMILES string of the molecule is CC(C)NC(=O)c1cn(C2CCCN(Cc3cc4ccccc4s3)C2)nn1. The van der Waals surface area contributed by atoms with E-state index in [9.17, 15) is 4.79 Å². The molecule has 3 aromatic rings. The van der Waals surface area contributed by atoms with Gasteiger partial charge >= 0.3 is 0 Å². The number of hydrogen-bond acceptors (Lipinski definition) is 5. The molecule has 1 saturated heterocycles. The number of carbonyl (C=O) groups excluding carboxylic acids is 1. The lowest BCUT2D eigenvalue weighted by molar-refractivity contribution is 0.0938. The monoisotopic (exact) mass is 383 g/mol. The predicted molar refractivity (Wildman–Crippen MR) is 108 cm³/mol. The molecule has 1 aliphatic heterocycles. The number of likely N-dealkylation sites (tertiary alicyclic amines) is 1. The maximum atomic E-state index is 12.1. The molecule has 27 heavy (non-hydrogen) atoms. The Balaban J connectivity index is 1.42. The minimum absolute atomic E-state index is 0.0918. The van der Waals surface area contributed by atoms with Gasteiger partial charge < -0.3 is 5.32 Å². The van der Waals surface area contributed by atoms with Crippen molar-refractivity contribution in [2.24, 2.45) is 0 Å². The lowest BCUT2D eigenvalue weighted by Crippen LogP contribution is -2.36. The molecule has 1 unspecified atom stereocenters. The summed E-state index contributed by atoms with van der Waals surface area (Å²) >= 11 is 1.87. The largest absolute Gasteiger partial charge is 0.348 e. The quantitative estimate of drug-likeness (QED) is 0.733. The summed E-state index contributed by atoms with van der Waals surface area (Å²) in [4.78, 5) is 16.0. The van der Waals surface area contributed by atoms with Gasteiger partial charge in [-0.1, -0.05) is 23.4 Å². The average Bonchev–Trinajstić information content (AvgIpc) is 3.28. The van der Waals surface area contributed by atoms with Crippen LogP contribution in [-0.2, 0) is 6.54 Å². The molecule has 0 aliphatic carbocycles. The van der Waals surface area contributed by atoms with Gasteiger partial charge in [-0.05, 0) is 50.8 Å². The van der Waals surface area contributed by atoms with E-state index in [1.807, 2.05) is 29.9 Å². The van der Waals surface area contributed by atoms with Crippen LogP contribution in [0, 0.1) is 0 Å². The Labute approximate surface area is 163 Å². The summed E-state index contributed by atoms with van der Waals surface area (Å²) in [6.45, 7) is 6.87. The van der Waals surface area contributed by atoms with Gasteiger partial charge in [-0.25, -0.2) is 4.68 Å². The lowest BCUT2D eigenvalue weighted by atomic mass is 10.1. The number of nitrogens with one attached hydrogen (secondary N) is 1. The number of rotatable bonds is 5. The van der Waals surface area contributed by atoms with E-state index in [-0.39, 0.29) is 18.0 Å². The fraction of sp³-hybridized carbons (Fsp3) is 0.450. The van der Waals surface area contributed by atoms with Crippen molar-refractivity contribution in [1.29, 1.82) is 0 Å². The second kappa shape index (κ2) is 7.78. The third-order valence-electron chi connectivity index (χ3n) is 4.87. The summed E-state index contributed by atoms with van der Waals surface area (Å²) in [5, 5.41) is 12.5. The summed E-state index contributed by atoms with van der Waals surface area (Å²) in [6.07, 6.45) is 3.98. The van der Waals surface area contributed by atoms with Crippen LogP contribution in [0.2, 0.25) is 0 Å². The van der Waals surface area contributed by atoms with E-state index in [4.69, 9.17) is 0 Å². The fourth-order valence-corrected chi connectivity index (χ4v) is 4.73. The Morgan fingerprint density at radius 2 is 2.22 bits per heavy atom. The molecular formula is C20H25N5OS. The zero-order chi connectivity index (χ0) is 18.8. The van der Waals surface area contributed by atoms with Gasteiger partial charge in [-0.15, -0.1) is 16.4 Å². The summed E-state index contributed by atoms with van der Waals surface area (Å²) in [7, 11) is 0. The highest BCUT2D eigenvalue weighted by Crippen LogP contribution is 2.28. The van der Waals surface area contributed by atoms with E-state index in [1.165, 1.54) is 15.0 Å². The van der Waals surface area contributed by atoms with E-state index in [2.05, 4.69) is 50.9 Å². The van der Waals surface area contributed by atoms with Gasteiger partial charge in [-0.3, -0.25) is 9.69 Å². The fourth-order valence-electron chi connectivity index (χ4n) is 3.62. The molecule has 2 aromatic heterocycles. The van der Waals surface area contributed by atoms with Gasteiger partial charge in [0.05, 0.1) is 12.2 Å². The molecule has 6 nitrogen and oxygen atoms in total. The minimum atomic E-state index is -0.158. The molecule has 7 heteroatoms. The number of aromatic nitrogens is 3. The number of nitrogens with zero attached hydrogens (tertiary/aromatic N) is 4. The van der Waals surface area contributed by atoms with Crippen molar-refractivity contribution in [3.63, 3.8) is 0 Å². The van der Waals surface area contributed by atoms with Gasteiger partial charge in [0.25, 0.3) is 5.91 Å². The second-order valence-corrected chi connectivity index (χ2v) is 8.66. The van der Waals surface area contributed by atoms with Crippen molar-refractivity contribution < 1.29 is 4.79 Å². The van der Waals surface area contributed by atoms with E-state index >= 15 is 0 Å². The van der Waals surface area contributed by atoms with E-state index in [0.29, 0.717) is 5.69 Å². The van der Waals surface area contributed by atoms with Crippen LogP contribution in [0.3, 0.4) is 0 Å². The lowest BCUT2D eigenvalue weighted by Gasteiger charge is -2.32. The van der Waals surface area contributed by atoms with Crippen LogP contribution >= 0.6 is 11.3 Å². The standard InChI is InChI=1S/C20H25N5OS/c1-14(2)21-20(26)18-13-25(23-22-18)16-7-5-9-24(11-16)12-17-10-15-6-3-4-8-19(15)27-17/h3-4,6,8,10,13-14,16H,5,7,9,11-12H2,1-2H3,(H,21,26). The van der Waals surface area contributed by atoms with Crippen LogP contribution in [-0.4, -0.2) is 44.9 Å². The van der Waals surface area contributed by atoms with Crippen molar-refractivity contribution in [3.8, 4) is 0 Å². The van der Waals surface area contributed by atoms with Gasteiger partial charge in [0, 0.05) is 28.7 Å². The molecule has 1 amide bonds. The summed E-state index contributed by atoms with van der Waals surface area (Å²) in [5.74, 6) is -0.158. The molecule has 0 radical (unpaired) electrons. The first kappa shape index (κ1) is 18.1. The number of piperidine rings is 1. The number of carbonyl (C=O) groups is 1. The normalized spacial score (nSPS) is 18.3. The Hall–Kier alpha value is -2.25. The first-order chi connectivity index (χ1) is 13.1. The number of benzene rings is 1. The molecule has 3 heterocycles. The summed E-state index contributed by atoms with van der Waals surface area (Å²) in [6, 6.07) is 11.2. The van der Waals surface area contributed by atoms with Gasteiger partial charge in [-0.2, -0.15) is 0 Å². The van der Waals surface area contributed by atoms with Gasteiger partial charge in [0.2, 0.25) is 0 Å². The molecule has 1 N–H and O–H groups in total. The molecule has 1 atom stereocenters. The zero-order valence-corrected chi connectivity index (χ0v) is 16.6. The number of amides is 1. The first-order valence-electron chi connectivity index (χ1n) is 9.51. The number of thiophene rings is 1. The van der Waals surface area contributed by atoms with Crippen molar-refractivity contribution in [3.05, 3.63) is 47.1 Å². The molecule has 4 rings (SSSR count). The van der Waals surface area contributed by atoms with Crippen LogP contribution in [0.15, 0.2) is 36.5 Å². The second-order valence-electron chi connectivity index (χ2n) is 7.49. The molecule has 0 saturated carbocycles. The first-order valence-corrected chi connectivity index (χ1v) is 10.3. The molecule has 1 aliphatic rings. The number of hydrogen-bond donors (Lipinski definition) is 1. The maximum Gasteiger partial charge on any atom is 0.273 e. The van der Waals surface area contributed by atoms with Crippen LogP contribution in [0.1, 0.15) is 48.1 Å². The van der Waals surface area contributed by atoms with E-state index in [1.54, 1.807) is 6.20 Å². The maximum absolute atomic E-state index is 12.1. The van der Waals surface area contributed by atoms with Crippen molar-refractivity contribution >= 4 is 27.3 Å². The smallest absolute Gasteiger partial charge is 0.273 e. The van der Waals surface area contributed by atoms with Crippen molar-refractivity contribution in [2.45, 2.75) is 45.3 Å². The Morgan fingerprint density at radius 1 is 1.37 bits per heavy atom. The minimum Gasteiger partial charge on any atom is -0.348 e. The molecule has 1 fully saturated rings. The Bertz CT molecular complexity index is 898. The molecule has 0 bridgehead atoms. The van der Waals surface area contributed by atoms with Gasteiger partial charge in [0.1, 0.15) is 0 Å². The third-order valence-corrected chi connectivity index (χ3v) is 5.97. The van der Waals surface area contributed by atoms with E-state index < -0.39 is 0 Å². The van der Waals surface area contributed by atoms with Gasteiger partial charge in [0.15, 0.2) is 5.69 Å². The highest BCUT2D eigenvalue weighted by molar-refractivity contribution is 7.19. The Kier molecular flexibility index (Phi) is 5.22. The summed E-state index contributed by atoms with van der Waals surface area (Å²) < 4.78 is 3.21. The Morgan fingerprint density at radius 3 is 3.04 bits per heavy atom. The molecule has 0 spiro atoms.